The lowest BCUT2D eigenvalue weighted by atomic mass is 10.2. The monoisotopic (exact) mass is 507 g/mol. The van der Waals surface area contributed by atoms with E-state index in [1.807, 2.05) is 6.92 Å². The zero-order valence-corrected chi connectivity index (χ0v) is 17.5. The normalized spacial score (nSPS) is 11.1. The number of ether oxygens (including phenoxy) is 1. The summed E-state index contributed by atoms with van der Waals surface area (Å²) < 4.78 is 19.0. The molecule has 0 aliphatic heterocycles. The zero-order chi connectivity index (χ0) is 20.6. The number of anilines is 1. The van der Waals surface area contributed by atoms with Crippen molar-refractivity contribution in [2.45, 2.75) is 13.0 Å². The predicted octanol–water partition coefficient (Wildman–Crippen LogP) is 5.30. The van der Waals surface area contributed by atoms with Crippen molar-refractivity contribution in [3.05, 3.63) is 71.4 Å². The van der Waals surface area contributed by atoms with Crippen LogP contribution in [0, 0.1) is 26.0 Å². The summed E-state index contributed by atoms with van der Waals surface area (Å²) in [6, 6.07) is 8.37. The Hall–Kier alpha value is -2.11. The fraction of sp³-hybridized carbons (Fsp3) is 0.250. The van der Waals surface area contributed by atoms with Crippen molar-refractivity contribution in [2.24, 2.45) is 0 Å². The van der Waals surface area contributed by atoms with Crippen LogP contribution in [-0.4, -0.2) is 29.6 Å². The first-order valence-electron chi connectivity index (χ1n) is 7.45. The Morgan fingerprint density at radius 3 is 2.07 bits per heavy atom. The quantitative estimate of drug-likeness (QED) is 0.419. The fourth-order valence-electron chi connectivity index (χ4n) is 1.78. The van der Waals surface area contributed by atoms with Crippen LogP contribution < -0.4 is 5.32 Å². The van der Waals surface area contributed by atoms with E-state index in [1.165, 1.54) is 12.1 Å². The van der Waals surface area contributed by atoms with E-state index in [0.717, 1.165) is 16.6 Å². The van der Waals surface area contributed by atoms with Gasteiger partial charge in [0, 0.05) is 34.7 Å². The van der Waals surface area contributed by atoms with Crippen LogP contribution in [0.2, 0.25) is 0 Å². The van der Waals surface area contributed by atoms with Crippen molar-refractivity contribution >= 4 is 48.9 Å². The molecule has 1 atom stereocenters. The molecule has 0 radical (unpaired) electrons. The highest BCUT2D eigenvalue weighted by atomic mass is 79.9. The molecule has 0 heterocycles. The van der Waals surface area contributed by atoms with E-state index < -0.39 is 21.4 Å². The van der Waals surface area contributed by atoms with Crippen LogP contribution in [-0.2, 0) is 4.74 Å². The van der Waals surface area contributed by atoms with Crippen molar-refractivity contribution in [3.63, 3.8) is 0 Å². The molecular formula is C16H16Br2FN3O5. The SMILES string of the molecule is COC(C)CNc1cc(Br)ccc1[N+](=O)[O-].O=[N+]([O-])c1ccc(Br)cc1F. The number of nitro benzene ring substituents is 2. The third-order valence-corrected chi connectivity index (χ3v) is 4.23. The van der Waals surface area contributed by atoms with Gasteiger partial charge in [0.15, 0.2) is 0 Å². The molecule has 0 fully saturated rings. The molecule has 2 aromatic rings. The van der Waals surface area contributed by atoms with Gasteiger partial charge in [0.2, 0.25) is 5.82 Å². The maximum absolute atomic E-state index is 12.6. The molecule has 0 aliphatic carbocycles. The van der Waals surface area contributed by atoms with Gasteiger partial charge in [-0.15, -0.1) is 0 Å². The Labute approximate surface area is 171 Å². The average molecular weight is 509 g/mol. The smallest absolute Gasteiger partial charge is 0.304 e. The highest BCUT2D eigenvalue weighted by molar-refractivity contribution is 9.10. The number of halogens is 3. The summed E-state index contributed by atoms with van der Waals surface area (Å²) in [5.74, 6) is -0.829. The fourth-order valence-corrected chi connectivity index (χ4v) is 2.47. The molecule has 0 bridgehead atoms. The van der Waals surface area contributed by atoms with E-state index >= 15 is 0 Å². The van der Waals surface area contributed by atoms with Gasteiger partial charge < -0.3 is 10.1 Å². The number of hydrogen-bond donors (Lipinski definition) is 1. The number of nitrogens with zero attached hydrogens (tertiary/aromatic N) is 2. The number of nitrogens with one attached hydrogen (secondary N) is 1. The molecule has 2 aromatic carbocycles. The Morgan fingerprint density at radius 1 is 1.07 bits per heavy atom. The van der Waals surface area contributed by atoms with Crippen LogP contribution >= 0.6 is 31.9 Å². The van der Waals surface area contributed by atoms with Gasteiger partial charge in [0.25, 0.3) is 5.69 Å². The van der Waals surface area contributed by atoms with Crippen molar-refractivity contribution in [1.82, 2.24) is 0 Å². The van der Waals surface area contributed by atoms with Crippen LogP contribution in [0.15, 0.2) is 45.3 Å². The zero-order valence-electron chi connectivity index (χ0n) is 14.3. The van der Waals surface area contributed by atoms with E-state index in [1.54, 1.807) is 19.2 Å². The first-order valence-corrected chi connectivity index (χ1v) is 9.04. The van der Waals surface area contributed by atoms with E-state index in [0.29, 0.717) is 16.7 Å². The molecule has 0 aromatic heterocycles. The van der Waals surface area contributed by atoms with Crippen LogP contribution in [0.25, 0.3) is 0 Å². The van der Waals surface area contributed by atoms with Crippen molar-refractivity contribution in [1.29, 1.82) is 0 Å². The molecule has 146 valence electrons. The summed E-state index contributed by atoms with van der Waals surface area (Å²) in [5.41, 5.74) is 0.0444. The molecular weight excluding hydrogens is 493 g/mol. The van der Waals surface area contributed by atoms with E-state index in [2.05, 4.69) is 37.2 Å². The lowest BCUT2D eigenvalue weighted by Crippen LogP contribution is -2.18. The van der Waals surface area contributed by atoms with E-state index in [-0.39, 0.29) is 11.8 Å². The Bertz CT molecular complexity index is 823. The van der Waals surface area contributed by atoms with Crippen LogP contribution in [0.3, 0.4) is 0 Å². The van der Waals surface area contributed by atoms with Crippen LogP contribution in [0.4, 0.5) is 21.5 Å². The maximum atomic E-state index is 12.6. The molecule has 0 spiro atoms. The Kier molecular flexibility index (Phi) is 9.26. The van der Waals surface area contributed by atoms with Crippen molar-refractivity contribution in [3.8, 4) is 0 Å². The Morgan fingerprint density at radius 2 is 1.59 bits per heavy atom. The van der Waals surface area contributed by atoms with Gasteiger partial charge in [-0.05, 0) is 31.2 Å². The van der Waals surface area contributed by atoms with Crippen molar-refractivity contribution < 1.29 is 19.0 Å². The summed E-state index contributed by atoms with van der Waals surface area (Å²) >= 11 is 6.26. The van der Waals surface area contributed by atoms with Gasteiger partial charge in [-0.25, -0.2) is 0 Å². The third-order valence-electron chi connectivity index (χ3n) is 3.24. The molecule has 11 heteroatoms. The standard InChI is InChI=1S/C10H13BrN2O3.C6H3BrFNO2/c1-7(16-2)6-12-9-5-8(11)3-4-10(9)13(14)15;7-4-1-2-6(9(10)11)5(8)3-4/h3-5,7,12H,6H2,1-2H3;1-3H. The highest BCUT2D eigenvalue weighted by Gasteiger charge is 2.14. The van der Waals surface area contributed by atoms with Gasteiger partial charge in [-0.2, -0.15) is 4.39 Å². The summed E-state index contributed by atoms with van der Waals surface area (Å²) in [5, 5.41) is 23.8. The second-order valence-corrected chi connectivity index (χ2v) is 7.03. The second kappa shape index (κ2) is 10.9. The minimum Gasteiger partial charge on any atom is -0.380 e. The van der Waals surface area contributed by atoms with E-state index in [4.69, 9.17) is 4.74 Å². The lowest BCUT2D eigenvalue weighted by Gasteiger charge is -2.12. The molecule has 27 heavy (non-hydrogen) atoms. The molecule has 1 N–H and O–H groups in total. The molecule has 0 saturated heterocycles. The Balaban J connectivity index is 0.000000289. The highest BCUT2D eigenvalue weighted by Crippen LogP contribution is 2.27. The molecule has 0 aliphatic rings. The number of hydrogen-bond acceptors (Lipinski definition) is 6. The minimum atomic E-state index is -0.829. The van der Waals surface area contributed by atoms with Gasteiger partial charge in [0.05, 0.1) is 16.0 Å². The van der Waals surface area contributed by atoms with E-state index in [9.17, 15) is 24.6 Å². The van der Waals surface area contributed by atoms with Gasteiger partial charge in [0.1, 0.15) is 5.69 Å². The maximum Gasteiger partial charge on any atom is 0.304 e. The lowest BCUT2D eigenvalue weighted by molar-refractivity contribution is -0.387. The first-order chi connectivity index (χ1) is 12.6. The molecule has 0 saturated carbocycles. The van der Waals surface area contributed by atoms with Crippen LogP contribution in [0.5, 0.6) is 0 Å². The average Bonchev–Trinajstić information content (AvgIpc) is 2.59. The number of benzene rings is 2. The molecule has 0 amide bonds. The van der Waals surface area contributed by atoms with Gasteiger partial charge in [-0.1, -0.05) is 31.9 Å². The number of rotatable bonds is 6. The molecule has 1 unspecified atom stereocenters. The first kappa shape index (κ1) is 22.9. The molecule has 8 nitrogen and oxygen atoms in total. The summed E-state index contributed by atoms with van der Waals surface area (Å²) in [7, 11) is 1.60. The number of nitro groups is 2. The third kappa shape index (κ3) is 7.57. The number of methoxy groups -OCH3 is 1. The van der Waals surface area contributed by atoms with Crippen molar-refractivity contribution in [2.75, 3.05) is 19.0 Å². The summed E-state index contributed by atoms with van der Waals surface area (Å²) in [6.45, 7) is 2.41. The largest absolute Gasteiger partial charge is 0.380 e. The minimum absolute atomic E-state index is 0.00131. The summed E-state index contributed by atoms with van der Waals surface area (Å²) in [4.78, 5) is 19.7. The summed E-state index contributed by atoms with van der Waals surface area (Å²) in [6.07, 6.45) is -0.00131. The van der Waals surface area contributed by atoms with Gasteiger partial charge >= 0.3 is 5.69 Å². The van der Waals surface area contributed by atoms with Gasteiger partial charge in [-0.3, -0.25) is 20.2 Å². The predicted molar refractivity (Wildman–Crippen MR) is 107 cm³/mol. The second-order valence-electron chi connectivity index (χ2n) is 5.20. The molecule has 2 rings (SSSR count). The van der Waals surface area contributed by atoms with Crippen LogP contribution in [0.1, 0.15) is 6.92 Å². The topological polar surface area (TPSA) is 108 Å².